The molecular formula is C17H23FN2O3. The maximum Gasteiger partial charge on any atom is 0.251 e. The van der Waals surface area contributed by atoms with Crippen LogP contribution in [-0.2, 0) is 4.74 Å². The summed E-state index contributed by atoms with van der Waals surface area (Å²) in [5.74, 6) is -0.735. The van der Waals surface area contributed by atoms with Gasteiger partial charge in [0.15, 0.2) is 0 Å². The van der Waals surface area contributed by atoms with E-state index >= 15 is 0 Å². The van der Waals surface area contributed by atoms with Crippen molar-refractivity contribution in [3.63, 3.8) is 0 Å². The molecule has 126 valence electrons. The molecule has 5 nitrogen and oxygen atoms in total. The number of rotatable bonds is 4. The number of carbonyl (C=O) groups is 1. The Labute approximate surface area is 135 Å². The standard InChI is InChI=1S/C17H23FN2O3/c18-14-11-13(3-4-15(14)20-7-1-2-8-20)16(21)19-12-17(22)5-9-23-10-6-17/h3-4,11,22H,1-2,5-10,12H2,(H,19,21). The van der Waals surface area contributed by atoms with E-state index in [1.165, 1.54) is 6.07 Å². The lowest BCUT2D eigenvalue weighted by Gasteiger charge is -2.32. The van der Waals surface area contributed by atoms with Crippen molar-refractivity contribution in [1.82, 2.24) is 5.32 Å². The van der Waals surface area contributed by atoms with E-state index < -0.39 is 5.60 Å². The van der Waals surface area contributed by atoms with Crippen molar-refractivity contribution in [3.05, 3.63) is 29.6 Å². The fourth-order valence-electron chi connectivity index (χ4n) is 3.14. The molecule has 23 heavy (non-hydrogen) atoms. The SMILES string of the molecule is O=C(NCC1(O)CCOCC1)c1ccc(N2CCCC2)c(F)c1. The third-order valence-electron chi connectivity index (χ3n) is 4.66. The van der Waals surface area contributed by atoms with Crippen molar-refractivity contribution < 1.29 is 19.0 Å². The molecule has 1 aromatic rings. The number of anilines is 1. The zero-order valence-electron chi connectivity index (χ0n) is 13.2. The summed E-state index contributed by atoms with van der Waals surface area (Å²) in [6.45, 7) is 2.86. The molecule has 0 bridgehead atoms. The highest BCUT2D eigenvalue weighted by atomic mass is 19.1. The van der Waals surface area contributed by atoms with Gasteiger partial charge in [-0.05, 0) is 31.0 Å². The summed E-state index contributed by atoms with van der Waals surface area (Å²) in [5, 5.41) is 13.0. The number of nitrogens with zero attached hydrogens (tertiary/aromatic N) is 1. The van der Waals surface area contributed by atoms with E-state index in [-0.39, 0.29) is 23.8 Å². The molecule has 2 heterocycles. The van der Waals surface area contributed by atoms with E-state index in [1.807, 2.05) is 4.90 Å². The predicted molar refractivity (Wildman–Crippen MR) is 85.2 cm³/mol. The van der Waals surface area contributed by atoms with Crippen LogP contribution in [0.25, 0.3) is 0 Å². The molecule has 6 heteroatoms. The van der Waals surface area contributed by atoms with Crippen molar-refractivity contribution in [2.75, 3.05) is 37.7 Å². The summed E-state index contributed by atoms with van der Waals surface area (Å²) in [4.78, 5) is 14.2. The van der Waals surface area contributed by atoms with E-state index in [2.05, 4.69) is 5.32 Å². The van der Waals surface area contributed by atoms with Crippen molar-refractivity contribution in [1.29, 1.82) is 0 Å². The minimum Gasteiger partial charge on any atom is -0.388 e. The number of ether oxygens (including phenoxy) is 1. The highest BCUT2D eigenvalue weighted by molar-refractivity contribution is 5.94. The summed E-state index contributed by atoms with van der Waals surface area (Å²) < 4.78 is 19.5. The Hall–Kier alpha value is -1.66. The normalized spacial score (nSPS) is 20.5. The van der Waals surface area contributed by atoms with E-state index in [4.69, 9.17) is 4.74 Å². The summed E-state index contributed by atoms with van der Waals surface area (Å²) in [5.41, 5.74) is -0.0923. The average Bonchev–Trinajstić information content (AvgIpc) is 3.07. The lowest BCUT2D eigenvalue weighted by Crippen LogP contribution is -2.46. The Morgan fingerprint density at radius 1 is 1.30 bits per heavy atom. The van der Waals surface area contributed by atoms with E-state index in [1.54, 1.807) is 12.1 Å². The lowest BCUT2D eigenvalue weighted by atomic mass is 9.94. The van der Waals surface area contributed by atoms with Gasteiger partial charge >= 0.3 is 0 Å². The number of hydrogen-bond donors (Lipinski definition) is 2. The molecule has 1 aromatic carbocycles. The van der Waals surface area contributed by atoms with Crippen LogP contribution in [-0.4, -0.2) is 49.5 Å². The molecule has 0 spiro atoms. The first kappa shape index (κ1) is 16.2. The van der Waals surface area contributed by atoms with Gasteiger partial charge < -0.3 is 20.1 Å². The van der Waals surface area contributed by atoms with E-state index in [0.717, 1.165) is 25.9 Å². The van der Waals surface area contributed by atoms with Gasteiger partial charge in [0.1, 0.15) is 5.82 Å². The molecule has 2 fully saturated rings. The molecule has 0 radical (unpaired) electrons. The van der Waals surface area contributed by atoms with Crippen LogP contribution in [0.2, 0.25) is 0 Å². The molecule has 0 aliphatic carbocycles. The molecule has 3 rings (SSSR count). The maximum atomic E-state index is 14.2. The van der Waals surface area contributed by atoms with Crippen LogP contribution in [0.4, 0.5) is 10.1 Å². The maximum absolute atomic E-state index is 14.2. The number of amides is 1. The first-order valence-electron chi connectivity index (χ1n) is 8.20. The zero-order valence-corrected chi connectivity index (χ0v) is 13.2. The molecule has 0 unspecified atom stereocenters. The van der Waals surface area contributed by atoms with Gasteiger partial charge in [0, 0.05) is 51.3 Å². The van der Waals surface area contributed by atoms with Gasteiger partial charge in [0.05, 0.1) is 11.3 Å². The van der Waals surface area contributed by atoms with Crippen molar-refractivity contribution in [2.24, 2.45) is 0 Å². The number of aliphatic hydroxyl groups is 1. The van der Waals surface area contributed by atoms with E-state index in [0.29, 0.717) is 31.7 Å². The first-order chi connectivity index (χ1) is 11.1. The van der Waals surface area contributed by atoms with Gasteiger partial charge in [-0.25, -0.2) is 4.39 Å². The highest BCUT2D eigenvalue weighted by Gasteiger charge is 2.30. The van der Waals surface area contributed by atoms with E-state index in [9.17, 15) is 14.3 Å². The summed E-state index contributed by atoms with van der Waals surface area (Å²) in [6, 6.07) is 4.58. The monoisotopic (exact) mass is 322 g/mol. The fourth-order valence-corrected chi connectivity index (χ4v) is 3.14. The minimum absolute atomic E-state index is 0.157. The first-order valence-corrected chi connectivity index (χ1v) is 8.20. The van der Waals surface area contributed by atoms with Crippen LogP contribution < -0.4 is 10.2 Å². The third kappa shape index (κ3) is 3.82. The van der Waals surface area contributed by atoms with Gasteiger partial charge in [0.25, 0.3) is 5.91 Å². The van der Waals surface area contributed by atoms with Gasteiger partial charge in [-0.1, -0.05) is 0 Å². The van der Waals surface area contributed by atoms with Gasteiger partial charge in [-0.3, -0.25) is 4.79 Å². The third-order valence-corrected chi connectivity index (χ3v) is 4.66. The van der Waals surface area contributed by atoms with Crippen LogP contribution in [0.5, 0.6) is 0 Å². The Kier molecular flexibility index (Phi) is 4.82. The topological polar surface area (TPSA) is 61.8 Å². The Morgan fingerprint density at radius 2 is 2.00 bits per heavy atom. The molecule has 2 N–H and O–H groups in total. The molecular weight excluding hydrogens is 299 g/mol. The van der Waals surface area contributed by atoms with Gasteiger partial charge in [0.2, 0.25) is 0 Å². The minimum atomic E-state index is -0.929. The molecule has 0 aromatic heterocycles. The second kappa shape index (κ2) is 6.84. The average molecular weight is 322 g/mol. The second-order valence-corrected chi connectivity index (χ2v) is 6.38. The summed E-state index contributed by atoms with van der Waals surface area (Å²) >= 11 is 0. The molecule has 0 atom stereocenters. The van der Waals surface area contributed by atoms with Crippen molar-refractivity contribution >= 4 is 11.6 Å². The number of nitrogens with one attached hydrogen (secondary N) is 1. The summed E-state index contributed by atoms with van der Waals surface area (Å²) in [7, 11) is 0. The Bertz CT molecular complexity index is 567. The predicted octanol–water partition coefficient (Wildman–Crippen LogP) is 1.70. The second-order valence-electron chi connectivity index (χ2n) is 6.38. The number of hydrogen-bond acceptors (Lipinski definition) is 4. The van der Waals surface area contributed by atoms with Gasteiger partial charge in [-0.15, -0.1) is 0 Å². The Morgan fingerprint density at radius 3 is 2.65 bits per heavy atom. The molecule has 1 amide bonds. The smallest absolute Gasteiger partial charge is 0.251 e. The summed E-state index contributed by atoms with van der Waals surface area (Å²) in [6.07, 6.45) is 3.14. The van der Waals surface area contributed by atoms with Crippen LogP contribution >= 0.6 is 0 Å². The quantitative estimate of drug-likeness (QED) is 0.886. The number of halogens is 1. The van der Waals surface area contributed by atoms with Crippen LogP contribution in [0.3, 0.4) is 0 Å². The fraction of sp³-hybridized carbons (Fsp3) is 0.588. The number of carbonyl (C=O) groups excluding carboxylic acids is 1. The van der Waals surface area contributed by atoms with Crippen LogP contribution in [0.15, 0.2) is 18.2 Å². The van der Waals surface area contributed by atoms with Gasteiger partial charge in [-0.2, -0.15) is 0 Å². The largest absolute Gasteiger partial charge is 0.388 e. The zero-order chi connectivity index (χ0) is 16.3. The molecule has 2 aliphatic heterocycles. The molecule has 2 aliphatic rings. The van der Waals surface area contributed by atoms with Crippen molar-refractivity contribution in [2.45, 2.75) is 31.3 Å². The Balaban J connectivity index is 1.62. The molecule has 0 saturated carbocycles. The highest BCUT2D eigenvalue weighted by Crippen LogP contribution is 2.24. The number of benzene rings is 1. The van der Waals surface area contributed by atoms with Crippen LogP contribution in [0, 0.1) is 5.82 Å². The van der Waals surface area contributed by atoms with Crippen LogP contribution in [0.1, 0.15) is 36.0 Å². The lowest BCUT2D eigenvalue weighted by molar-refractivity contribution is -0.0605. The van der Waals surface area contributed by atoms with Crippen molar-refractivity contribution in [3.8, 4) is 0 Å². The molecule has 2 saturated heterocycles.